The number of carbonyl (C=O) groups is 2. The number of hydrogen-bond acceptors (Lipinski definition) is 2. The SMILES string of the molecule is [O]C1=CC(=O)C(=O)C=C1Cl. The van der Waals surface area contributed by atoms with E-state index in [0.29, 0.717) is 6.08 Å². The van der Waals surface area contributed by atoms with Crippen molar-refractivity contribution in [2.75, 3.05) is 0 Å². The van der Waals surface area contributed by atoms with Crippen molar-refractivity contribution in [1.29, 1.82) is 0 Å². The molecule has 0 aromatic carbocycles. The lowest BCUT2D eigenvalue weighted by Gasteiger charge is -1.97. The topological polar surface area (TPSA) is 54.0 Å². The molecule has 0 amide bonds. The maximum Gasteiger partial charge on any atom is 0.229 e. The average Bonchev–Trinajstić information content (AvgIpc) is 1.84. The van der Waals surface area contributed by atoms with Crippen molar-refractivity contribution in [3.05, 3.63) is 22.9 Å². The largest absolute Gasteiger partial charge is 0.288 e. The van der Waals surface area contributed by atoms with Gasteiger partial charge in [-0.3, -0.25) is 14.7 Å². The van der Waals surface area contributed by atoms with Gasteiger partial charge in [-0.05, 0) is 0 Å². The molecule has 0 spiro atoms. The highest BCUT2D eigenvalue weighted by atomic mass is 35.5. The number of halogens is 1. The van der Waals surface area contributed by atoms with Gasteiger partial charge in [0, 0.05) is 12.2 Å². The molecule has 0 heterocycles. The van der Waals surface area contributed by atoms with E-state index in [1.165, 1.54) is 0 Å². The highest BCUT2D eigenvalue weighted by Crippen LogP contribution is 2.16. The number of allylic oxidation sites excluding steroid dienone is 3. The van der Waals surface area contributed by atoms with Gasteiger partial charge in [0.05, 0.1) is 5.03 Å². The van der Waals surface area contributed by atoms with Crippen LogP contribution in [-0.2, 0) is 14.7 Å². The van der Waals surface area contributed by atoms with Gasteiger partial charge in [-0.2, -0.15) is 0 Å². The van der Waals surface area contributed by atoms with Crippen LogP contribution in [0, 0.1) is 0 Å². The molecule has 0 aromatic rings. The number of rotatable bonds is 0. The Hall–Kier alpha value is -1.09. The summed E-state index contributed by atoms with van der Waals surface area (Å²) in [6.07, 6.45) is 1.51. The highest BCUT2D eigenvalue weighted by Gasteiger charge is 2.19. The monoisotopic (exact) mass is 157 g/mol. The van der Waals surface area contributed by atoms with Crippen LogP contribution in [-0.4, -0.2) is 11.6 Å². The summed E-state index contributed by atoms with van der Waals surface area (Å²) < 4.78 is 0. The number of ketones is 2. The standard InChI is InChI=1S/C6H2ClO3/c7-3-1-5(9)6(10)2-4(3)8/h1-2H. The van der Waals surface area contributed by atoms with Crippen molar-refractivity contribution < 1.29 is 14.7 Å². The lowest BCUT2D eigenvalue weighted by Crippen LogP contribution is -2.12. The fourth-order valence-corrected chi connectivity index (χ4v) is 0.670. The van der Waals surface area contributed by atoms with Gasteiger partial charge in [-0.1, -0.05) is 11.6 Å². The van der Waals surface area contributed by atoms with E-state index in [2.05, 4.69) is 0 Å². The zero-order chi connectivity index (χ0) is 7.72. The molecule has 1 aliphatic carbocycles. The van der Waals surface area contributed by atoms with Gasteiger partial charge < -0.3 is 0 Å². The molecule has 0 fully saturated rings. The Bertz CT molecular complexity index is 234. The van der Waals surface area contributed by atoms with Gasteiger partial charge >= 0.3 is 0 Å². The summed E-state index contributed by atoms with van der Waals surface area (Å²) in [4.78, 5) is 20.9. The third kappa shape index (κ3) is 1.09. The van der Waals surface area contributed by atoms with Gasteiger partial charge in [-0.15, -0.1) is 0 Å². The van der Waals surface area contributed by atoms with Gasteiger partial charge in [0.15, 0.2) is 0 Å². The summed E-state index contributed by atoms with van der Waals surface area (Å²) in [6.45, 7) is 0. The van der Waals surface area contributed by atoms with Crippen molar-refractivity contribution in [1.82, 2.24) is 0 Å². The predicted molar refractivity (Wildman–Crippen MR) is 32.7 cm³/mol. The summed E-state index contributed by atoms with van der Waals surface area (Å²) in [5.74, 6) is -2.16. The molecule has 0 bridgehead atoms. The smallest absolute Gasteiger partial charge is 0.229 e. The van der Waals surface area contributed by atoms with E-state index >= 15 is 0 Å². The summed E-state index contributed by atoms with van der Waals surface area (Å²) in [6, 6.07) is 0. The number of carbonyl (C=O) groups excluding carboxylic acids is 2. The molecule has 0 unspecified atom stereocenters. The zero-order valence-electron chi connectivity index (χ0n) is 4.76. The minimum atomic E-state index is -0.811. The summed E-state index contributed by atoms with van der Waals surface area (Å²) >= 11 is 5.23. The Labute approximate surface area is 61.6 Å². The van der Waals surface area contributed by atoms with Gasteiger partial charge in [0.1, 0.15) is 0 Å². The average molecular weight is 158 g/mol. The van der Waals surface area contributed by atoms with E-state index in [9.17, 15) is 14.7 Å². The second-order valence-corrected chi connectivity index (χ2v) is 2.14. The molecule has 0 saturated carbocycles. The quantitative estimate of drug-likeness (QED) is 0.381. The van der Waals surface area contributed by atoms with Crippen LogP contribution in [0.15, 0.2) is 22.9 Å². The van der Waals surface area contributed by atoms with Gasteiger partial charge in [0.25, 0.3) is 0 Å². The second kappa shape index (κ2) is 2.27. The van der Waals surface area contributed by atoms with Crippen LogP contribution in [0.25, 0.3) is 0 Å². The molecule has 51 valence electrons. The van der Waals surface area contributed by atoms with E-state index in [-0.39, 0.29) is 5.03 Å². The van der Waals surface area contributed by atoms with Crippen LogP contribution >= 0.6 is 11.6 Å². The molecule has 0 aromatic heterocycles. The molecule has 1 aliphatic rings. The van der Waals surface area contributed by atoms with Crippen LogP contribution in [0.2, 0.25) is 0 Å². The number of hydrogen-bond donors (Lipinski definition) is 0. The molecule has 4 heteroatoms. The van der Waals surface area contributed by atoms with E-state index in [0.717, 1.165) is 6.08 Å². The van der Waals surface area contributed by atoms with Crippen molar-refractivity contribution in [2.24, 2.45) is 0 Å². The Morgan fingerprint density at radius 2 is 1.60 bits per heavy atom. The lowest BCUT2D eigenvalue weighted by atomic mass is 10.1. The first-order valence-corrected chi connectivity index (χ1v) is 2.83. The molecular formula is C6H2ClO3. The lowest BCUT2D eigenvalue weighted by molar-refractivity contribution is -0.131. The fraction of sp³-hybridized carbons (Fsp3) is 0. The van der Waals surface area contributed by atoms with E-state index in [1.807, 2.05) is 0 Å². The molecule has 1 rings (SSSR count). The van der Waals surface area contributed by atoms with Crippen LogP contribution in [0.3, 0.4) is 0 Å². The Morgan fingerprint density at radius 1 is 1.10 bits per heavy atom. The zero-order valence-corrected chi connectivity index (χ0v) is 5.51. The third-order valence-corrected chi connectivity index (χ3v) is 1.29. The Kier molecular flexibility index (Phi) is 1.59. The van der Waals surface area contributed by atoms with Crippen molar-refractivity contribution >= 4 is 23.2 Å². The van der Waals surface area contributed by atoms with Crippen LogP contribution < -0.4 is 0 Å². The molecule has 0 atom stereocenters. The van der Waals surface area contributed by atoms with Gasteiger partial charge in [-0.25, -0.2) is 0 Å². The highest BCUT2D eigenvalue weighted by molar-refractivity contribution is 6.50. The molecule has 0 N–H and O–H groups in total. The Morgan fingerprint density at radius 3 is 2.10 bits per heavy atom. The van der Waals surface area contributed by atoms with Crippen molar-refractivity contribution in [3.63, 3.8) is 0 Å². The van der Waals surface area contributed by atoms with E-state index < -0.39 is 17.3 Å². The summed E-state index contributed by atoms with van der Waals surface area (Å²) in [7, 11) is 0. The molecule has 0 saturated heterocycles. The Balaban J connectivity index is 3.06. The van der Waals surface area contributed by atoms with E-state index in [1.54, 1.807) is 0 Å². The minimum Gasteiger partial charge on any atom is -0.288 e. The minimum absolute atomic E-state index is 0.204. The van der Waals surface area contributed by atoms with Crippen molar-refractivity contribution in [3.8, 4) is 0 Å². The van der Waals surface area contributed by atoms with Crippen LogP contribution in [0.1, 0.15) is 0 Å². The van der Waals surface area contributed by atoms with E-state index in [4.69, 9.17) is 11.6 Å². The van der Waals surface area contributed by atoms with Crippen LogP contribution in [0.5, 0.6) is 0 Å². The molecule has 3 nitrogen and oxygen atoms in total. The van der Waals surface area contributed by atoms with Crippen molar-refractivity contribution in [2.45, 2.75) is 0 Å². The summed E-state index contributed by atoms with van der Waals surface area (Å²) in [5.41, 5.74) is 0. The third-order valence-electron chi connectivity index (χ3n) is 0.998. The first-order chi connectivity index (χ1) is 4.61. The van der Waals surface area contributed by atoms with Crippen LogP contribution in [0.4, 0.5) is 0 Å². The maximum absolute atomic E-state index is 10.5. The molecule has 10 heavy (non-hydrogen) atoms. The summed E-state index contributed by atoms with van der Waals surface area (Å²) in [5, 5.41) is 10.3. The second-order valence-electron chi connectivity index (χ2n) is 1.73. The first kappa shape index (κ1) is 7.02. The van der Waals surface area contributed by atoms with Gasteiger partial charge in [0.2, 0.25) is 17.3 Å². The normalized spacial score (nSPS) is 18.5. The molecule has 0 aliphatic heterocycles. The molecular weight excluding hydrogens is 156 g/mol. The maximum atomic E-state index is 10.5. The fourth-order valence-electron chi connectivity index (χ4n) is 0.516. The predicted octanol–water partition coefficient (Wildman–Crippen LogP) is 0.575. The molecule has 1 radical (unpaired) electrons. The first-order valence-electron chi connectivity index (χ1n) is 2.46.